The molecule has 0 aromatic heterocycles. The molecule has 1 aliphatic rings. The molecule has 16 heavy (non-hydrogen) atoms. The van der Waals surface area contributed by atoms with Gasteiger partial charge in [0, 0.05) is 0 Å². The molecule has 1 aliphatic heterocycles. The number of hydrogen-bond donors (Lipinski definition) is 0. The Bertz CT molecular complexity index is 420. The molecule has 1 heterocycles. The Morgan fingerprint density at radius 2 is 1.88 bits per heavy atom. The third-order valence-corrected chi connectivity index (χ3v) is 3.63. The van der Waals surface area contributed by atoms with Crippen molar-refractivity contribution in [1.29, 1.82) is 5.26 Å². The topological polar surface area (TPSA) is 27.0 Å². The van der Waals surface area contributed by atoms with Crippen LogP contribution in [0.1, 0.15) is 24.4 Å². The summed E-state index contributed by atoms with van der Waals surface area (Å²) in [7, 11) is 0. The van der Waals surface area contributed by atoms with Crippen LogP contribution >= 0.6 is 23.2 Å². The van der Waals surface area contributed by atoms with Crippen LogP contribution in [0.4, 0.5) is 0 Å². The van der Waals surface area contributed by atoms with E-state index in [9.17, 15) is 5.26 Å². The first-order chi connectivity index (χ1) is 7.72. The van der Waals surface area contributed by atoms with Crippen molar-refractivity contribution in [1.82, 2.24) is 4.90 Å². The predicted molar refractivity (Wildman–Crippen MR) is 65.6 cm³/mol. The standard InChI is InChI=1S/C12H12Cl2N2/c13-10-4-3-9(7-11(10)14)12(8-15)16-5-1-2-6-16/h3-4,7,12H,1-2,5-6H2. The molecule has 1 aromatic rings. The van der Waals surface area contributed by atoms with Crippen LogP contribution in [0.25, 0.3) is 0 Å². The number of hydrogen-bond acceptors (Lipinski definition) is 2. The largest absolute Gasteiger partial charge is 0.284 e. The normalized spacial score (nSPS) is 18.3. The van der Waals surface area contributed by atoms with E-state index in [4.69, 9.17) is 23.2 Å². The maximum absolute atomic E-state index is 9.23. The zero-order valence-corrected chi connectivity index (χ0v) is 10.3. The molecule has 2 nitrogen and oxygen atoms in total. The third kappa shape index (κ3) is 2.32. The minimum atomic E-state index is -0.197. The molecule has 0 saturated carbocycles. The van der Waals surface area contributed by atoms with Crippen LogP contribution in [0.15, 0.2) is 18.2 Å². The average Bonchev–Trinajstić information content (AvgIpc) is 2.78. The van der Waals surface area contributed by atoms with Gasteiger partial charge in [0.1, 0.15) is 6.04 Å². The van der Waals surface area contributed by atoms with E-state index in [-0.39, 0.29) is 6.04 Å². The summed E-state index contributed by atoms with van der Waals surface area (Å²) in [6.45, 7) is 1.97. The van der Waals surface area contributed by atoms with Crippen molar-refractivity contribution >= 4 is 23.2 Å². The number of benzene rings is 1. The molecule has 0 radical (unpaired) electrons. The molecule has 0 amide bonds. The van der Waals surface area contributed by atoms with Crippen LogP contribution in [-0.4, -0.2) is 18.0 Å². The SMILES string of the molecule is N#CC(c1ccc(Cl)c(Cl)c1)N1CCCC1. The highest BCUT2D eigenvalue weighted by molar-refractivity contribution is 6.42. The van der Waals surface area contributed by atoms with Crippen LogP contribution in [0, 0.1) is 11.3 Å². The van der Waals surface area contributed by atoms with Crippen LogP contribution in [0.5, 0.6) is 0 Å². The van der Waals surface area contributed by atoms with Crippen molar-refractivity contribution in [3.63, 3.8) is 0 Å². The van der Waals surface area contributed by atoms with E-state index in [0.717, 1.165) is 18.7 Å². The molecule has 2 rings (SSSR count). The summed E-state index contributed by atoms with van der Waals surface area (Å²) in [6.07, 6.45) is 2.33. The fourth-order valence-corrected chi connectivity index (χ4v) is 2.36. The van der Waals surface area contributed by atoms with Gasteiger partial charge in [0.05, 0.1) is 16.1 Å². The summed E-state index contributed by atoms with van der Waals surface area (Å²) < 4.78 is 0. The van der Waals surface area contributed by atoms with E-state index in [1.54, 1.807) is 12.1 Å². The molecule has 0 N–H and O–H groups in total. The Hall–Kier alpha value is -0.750. The Balaban J connectivity index is 2.26. The molecule has 1 aromatic carbocycles. The van der Waals surface area contributed by atoms with Crippen molar-refractivity contribution in [2.75, 3.05) is 13.1 Å². The minimum absolute atomic E-state index is 0.197. The van der Waals surface area contributed by atoms with Crippen LogP contribution < -0.4 is 0 Å². The van der Waals surface area contributed by atoms with Gasteiger partial charge in [0.25, 0.3) is 0 Å². The average molecular weight is 255 g/mol. The van der Waals surface area contributed by atoms with Crippen molar-refractivity contribution in [2.45, 2.75) is 18.9 Å². The van der Waals surface area contributed by atoms with E-state index >= 15 is 0 Å². The Labute approximate surface area is 105 Å². The molecule has 0 aliphatic carbocycles. The molecule has 4 heteroatoms. The summed E-state index contributed by atoms with van der Waals surface area (Å²) >= 11 is 11.8. The van der Waals surface area contributed by atoms with Gasteiger partial charge in [-0.2, -0.15) is 5.26 Å². The number of nitrogens with zero attached hydrogens (tertiary/aromatic N) is 2. The van der Waals surface area contributed by atoms with Gasteiger partial charge in [-0.05, 0) is 43.6 Å². The molecule has 0 spiro atoms. The monoisotopic (exact) mass is 254 g/mol. The molecule has 0 bridgehead atoms. The fourth-order valence-electron chi connectivity index (χ4n) is 2.05. The van der Waals surface area contributed by atoms with Gasteiger partial charge in [0.15, 0.2) is 0 Å². The van der Waals surface area contributed by atoms with E-state index in [0.29, 0.717) is 10.0 Å². The highest BCUT2D eigenvalue weighted by Gasteiger charge is 2.23. The highest BCUT2D eigenvalue weighted by Crippen LogP contribution is 2.29. The van der Waals surface area contributed by atoms with Crippen LogP contribution in [0.2, 0.25) is 10.0 Å². The van der Waals surface area contributed by atoms with Crippen molar-refractivity contribution < 1.29 is 0 Å². The molecular formula is C12H12Cl2N2. The zero-order chi connectivity index (χ0) is 11.5. The van der Waals surface area contributed by atoms with E-state index in [1.807, 2.05) is 6.07 Å². The maximum Gasteiger partial charge on any atom is 0.123 e. The van der Waals surface area contributed by atoms with E-state index in [2.05, 4.69) is 11.0 Å². The second kappa shape index (κ2) is 5.05. The van der Waals surface area contributed by atoms with Gasteiger partial charge in [-0.1, -0.05) is 29.3 Å². The zero-order valence-electron chi connectivity index (χ0n) is 8.79. The predicted octanol–water partition coefficient (Wildman–Crippen LogP) is 3.65. The number of halogens is 2. The first kappa shape index (κ1) is 11.7. The summed E-state index contributed by atoms with van der Waals surface area (Å²) in [4.78, 5) is 2.18. The maximum atomic E-state index is 9.23. The molecule has 1 atom stereocenters. The molecule has 1 saturated heterocycles. The number of nitriles is 1. The van der Waals surface area contributed by atoms with Crippen molar-refractivity contribution in [3.05, 3.63) is 33.8 Å². The number of rotatable bonds is 2. The summed E-state index contributed by atoms with van der Waals surface area (Å²) in [5.74, 6) is 0. The van der Waals surface area contributed by atoms with Gasteiger partial charge >= 0.3 is 0 Å². The minimum Gasteiger partial charge on any atom is -0.284 e. The molecule has 1 unspecified atom stereocenters. The summed E-state index contributed by atoms with van der Waals surface area (Å²) in [5.41, 5.74) is 0.929. The lowest BCUT2D eigenvalue weighted by atomic mass is 10.1. The lowest BCUT2D eigenvalue weighted by molar-refractivity contribution is 0.294. The summed E-state index contributed by atoms with van der Waals surface area (Å²) in [6, 6.07) is 7.55. The van der Waals surface area contributed by atoms with Gasteiger partial charge < -0.3 is 0 Å². The third-order valence-electron chi connectivity index (χ3n) is 2.89. The fraction of sp³-hybridized carbons (Fsp3) is 0.417. The van der Waals surface area contributed by atoms with Gasteiger partial charge in [-0.3, -0.25) is 4.90 Å². The summed E-state index contributed by atoms with van der Waals surface area (Å²) in [5, 5.41) is 10.3. The Kier molecular flexibility index (Phi) is 3.70. The van der Waals surface area contributed by atoms with Gasteiger partial charge in [-0.15, -0.1) is 0 Å². The molecule has 1 fully saturated rings. The lowest BCUT2D eigenvalue weighted by Crippen LogP contribution is -2.24. The van der Waals surface area contributed by atoms with Gasteiger partial charge in [-0.25, -0.2) is 0 Å². The van der Waals surface area contributed by atoms with Crippen LogP contribution in [-0.2, 0) is 0 Å². The second-order valence-electron chi connectivity index (χ2n) is 3.95. The second-order valence-corrected chi connectivity index (χ2v) is 4.76. The molecular weight excluding hydrogens is 243 g/mol. The molecule has 84 valence electrons. The quantitative estimate of drug-likeness (QED) is 0.806. The first-order valence-electron chi connectivity index (χ1n) is 5.31. The van der Waals surface area contributed by atoms with Crippen LogP contribution in [0.3, 0.4) is 0 Å². The van der Waals surface area contributed by atoms with E-state index < -0.39 is 0 Å². The van der Waals surface area contributed by atoms with E-state index in [1.165, 1.54) is 12.8 Å². The number of likely N-dealkylation sites (tertiary alicyclic amines) is 1. The smallest absolute Gasteiger partial charge is 0.123 e. The van der Waals surface area contributed by atoms with Crippen molar-refractivity contribution in [3.8, 4) is 6.07 Å². The Morgan fingerprint density at radius 1 is 1.19 bits per heavy atom. The van der Waals surface area contributed by atoms with Crippen molar-refractivity contribution in [2.24, 2.45) is 0 Å². The highest BCUT2D eigenvalue weighted by atomic mass is 35.5. The first-order valence-corrected chi connectivity index (χ1v) is 6.06. The van der Waals surface area contributed by atoms with Gasteiger partial charge in [0.2, 0.25) is 0 Å². The lowest BCUT2D eigenvalue weighted by Gasteiger charge is -2.21. The Morgan fingerprint density at radius 3 is 2.44 bits per heavy atom.